The van der Waals surface area contributed by atoms with Crippen LogP contribution in [0.25, 0.3) is 0 Å². The molecule has 0 unspecified atom stereocenters. The van der Waals surface area contributed by atoms with Gasteiger partial charge in [0.15, 0.2) is 0 Å². The van der Waals surface area contributed by atoms with Crippen molar-refractivity contribution in [3.05, 3.63) is 0 Å². The summed E-state index contributed by atoms with van der Waals surface area (Å²) in [5.74, 6) is -2.98. The Kier molecular flexibility index (Phi) is 4.85. The van der Waals surface area contributed by atoms with Gasteiger partial charge in [-0.1, -0.05) is 0 Å². The van der Waals surface area contributed by atoms with E-state index < -0.39 is 30.2 Å². The summed E-state index contributed by atoms with van der Waals surface area (Å²) in [5, 5.41) is 8.56. The Morgan fingerprint density at radius 3 is 2.26 bits per heavy atom. The lowest BCUT2D eigenvalue weighted by Crippen LogP contribution is -2.56. The van der Waals surface area contributed by atoms with E-state index in [1.165, 1.54) is 11.9 Å². The molecule has 8 nitrogen and oxygen atoms in total. The molecule has 0 saturated carbocycles. The van der Waals surface area contributed by atoms with Crippen molar-refractivity contribution in [1.82, 2.24) is 14.7 Å². The summed E-state index contributed by atoms with van der Waals surface area (Å²) in [4.78, 5) is 49.1. The molecule has 8 heteroatoms. The number of carboxylic acids is 1. The lowest BCUT2D eigenvalue weighted by molar-refractivity contribution is -0.157. The molecular weight excluding hydrogens is 254 g/mol. The van der Waals surface area contributed by atoms with Gasteiger partial charge < -0.3 is 19.8 Å². The van der Waals surface area contributed by atoms with Crippen molar-refractivity contribution in [2.45, 2.75) is 6.92 Å². The van der Waals surface area contributed by atoms with E-state index in [1.54, 1.807) is 6.92 Å². The van der Waals surface area contributed by atoms with Crippen molar-refractivity contribution in [2.75, 3.05) is 39.8 Å². The maximum atomic E-state index is 11.7. The highest BCUT2D eigenvalue weighted by atomic mass is 16.4. The zero-order valence-electron chi connectivity index (χ0n) is 11.0. The van der Waals surface area contributed by atoms with Crippen LogP contribution in [-0.2, 0) is 19.2 Å². The first-order valence-corrected chi connectivity index (χ1v) is 5.90. The number of nitrogens with zero attached hydrogens (tertiary/aromatic N) is 3. The number of carbonyl (C=O) groups is 4. The van der Waals surface area contributed by atoms with Gasteiger partial charge in [0.2, 0.25) is 5.91 Å². The molecule has 0 spiro atoms. The molecule has 1 rings (SSSR count). The zero-order valence-corrected chi connectivity index (χ0v) is 11.0. The number of likely N-dealkylation sites (N-methyl/N-ethyl adjacent to an activating group) is 2. The molecule has 0 aromatic heterocycles. The predicted molar refractivity (Wildman–Crippen MR) is 64.1 cm³/mol. The summed E-state index contributed by atoms with van der Waals surface area (Å²) < 4.78 is 0. The molecule has 1 N–H and O–H groups in total. The first-order valence-electron chi connectivity index (χ1n) is 5.90. The van der Waals surface area contributed by atoms with Gasteiger partial charge in [0.1, 0.15) is 13.1 Å². The summed E-state index contributed by atoms with van der Waals surface area (Å²) in [5.41, 5.74) is 0. The van der Waals surface area contributed by atoms with Gasteiger partial charge >= 0.3 is 17.8 Å². The van der Waals surface area contributed by atoms with Crippen molar-refractivity contribution in [1.29, 1.82) is 0 Å². The molecule has 1 aliphatic rings. The van der Waals surface area contributed by atoms with Gasteiger partial charge in [-0.15, -0.1) is 0 Å². The maximum absolute atomic E-state index is 11.7. The lowest BCUT2D eigenvalue weighted by Gasteiger charge is -2.33. The maximum Gasteiger partial charge on any atom is 0.323 e. The number of piperazine rings is 1. The number of amides is 3. The molecule has 0 bridgehead atoms. The standard InChI is InChI=1S/C11H17N3O5/c1-3-13-4-5-14(11(19)10(13)18)6-8(15)12(2)7-9(16)17/h3-7H2,1-2H3,(H,16,17). The molecule has 0 aliphatic carbocycles. The Hall–Kier alpha value is -2.12. The number of hydrogen-bond acceptors (Lipinski definition) is 4. The normalized spacial score (nSPS) is 15.7. The van der Waals surface area contributed by atoms with Crippen molar-refractivity contribution in [2.24, 2.45) is 0 Å². The smallest absolute Gasteiger partial charge is 0.323 e. The fourth-order valence-electron chi connectivity index (χ4n) is 1.74. The molecule has 1 fully saturated rings. The minimum absolute atomic E-state index is 0.272. The van der Waals surface area contributed by atoms with Gasteiger partial charge in [-0.05, 0) is 6.92 Å². The van der Waals surface area contributed by atoms with Crippen molar-refractivity contribution in [3.8, 4) is 0 Å². The van der Waals surface area contributed by atoms with Crippen LogP contribution in [0.2, 0.25) is 0 Å². The van der Waals surface area contributed by atoms with E-state index in [1.807, 2.05) is 0 Å². The third-order valence-corrected chi connectivity index (χ3v) is 2.90. The Labute approximate surface area is 110 Å². The molecule has 0 aromatic carbocycles. The van der Waals surface area contributed by atoms with E-state index in [0.717, 1.165) is 9.80 Å². The van der Waals surface area contributed by atoms with Gasteiger partial charge in [-0.3, -0.25) is 19.2 Å². The van der Waals surface area contributed by atoms with E-state index in [4.69, 9.17) is 5.11 Å². The van der Waals surface area contributed by atoms with Crippen molar-refractivity contribution < 1.29 is 24.3 Å². The molecule has 1 aliphatic heterocycles. The van der Waals surface area contributed by atoms with Gasteiger partial charge in [-0.2, -0.15) is 0 Å². The van der Waals surface area contributed by atoms with Crippen molar-refractivity contribution >= 4 is 23.7 Å². The number of aliphatic carboxylic acids is 1. The van der Waals surface area contributed by atoms with Crippen LogP contribution in [0.4, 0.5) is 0 Å². The molecule has 106 valence electrons. The fourth-order valence-corrected chi connectivity index (χ4v) is 1.74. The second kappa shape index (κ2) is 6.17. The van der Waals surface area contributed by atoms with Crippen LogP contribution >= 0.6 is 0 Å². The Bertz CT molecular complexity index is 409. The van der Waals surface area contributed by atoms with E-state index in [0.29, 0.717) is 13.1 Å². The lowest BCUT2D eigenvalue weighted by atomic mass is 10.3. The van der Waals surface area contributed by atoms with Crippen LogP contribution in [-0.4, -0.2) is 83.3 Å². The van der Waals surface area contributed by atoms with Gasteiger partial charge in [0.25, 0.3) is 0 Å². The van der Waals surface area contributed by atoms with Gasteiger partial charge in [-0.25, -0.2) is 0 Å². The minimum Gasteiger partial charge on any atom is -0.480 e. The van der Waals surface area contributed by atoms with Gasteiger partial charge in [0.05, 0.1) is 0 Å². The number of carboxylic acid groups (broad SMARTS) is 1. The Balaban J connectivity index is 2.58. The molecule has 0 aromatic rings. The number of hydrogen-bond donors (Lipinski definition) is 1. The van der Waals surface area contributed by atoms with E-state index in [2.05, 4.69) is 0 Å². The molecule has 1 heterocycles. The quantitative estimate of drug-likeness (QED) is 0.596. The predicted octanol–water partition coefficient (Wildman–Crippen LogP) is -1.78. The summed E-state index contributed by atoms with van der Waals surface area (Å²) in [7, 11) is 1.34. The average Bonchev–Trinajstić information content (AvgIpc) is 2.34. The third kappa shape index (κ3) is 3.67. The minimum atomic E-state index is -1.13. The van der Waals surface area contributed by atoms with E-state index >= 15 is 0 Å². The van der Waals surface area contributed by atoms with Gasteiger partial charge in [0, 0.05) is 26.7 Å². The first-order chi connectivity index (χ1) is 8.86. The summed E-state index contributed by atoms with van der Waals surface area (Å²) >= 11 is 0. The Morgan fingerprint density at radius 2 is 1.74 bits per heavy atom. The number of rotatable bonds is 5. The zero-order chi connectivity index (χ0) is 14.6. The second-order valence-corrected chi connectivity index (χ2v) is 4.26. The molecular formula is C11H17N3O5. The Morgan fingerprint density at radius 1 is 1.21 bits per heavy atom. The summed E-state index contributed by atoms with van der Waals surface area (Å²) in [6.07, 6.45) is 0. The molecule has 3 amide bonds. The van der Waals surface area contributed by atoms with Crippen LogP contribution in [0.1, 0.15) is 6.92 Å². The van der Waals surface area contributed by atoms with E-state index in [-0.39, 0.29) is 13.1 Å². The van der Waals surface area contributed by atoms with Crippen molar-refractivity contribution in [3.63, 3.8) is 0 Å². The largest absolute Gasteiger partial charge is 0.480 e. The van der Waals surface area contributed by atoms with Crippen LogP contribution < -0.4 is 0 Å². The van der Waals surface area contributed by atoms with Crippen LogP contribution in [0.5, 0.6) is 0 Å². The molecule has 0 radical (unpaired) electrons. The monoisotopic (exact) mass is 271 g/mol. The highest BCUT2D eigenvalue weighted by Gasteiger charge is 2.33. The molecule has 19 heavy (non-hydrogen) atoms. The van der Waals surface area contributed by atoms with Crippen LogP contribution in [0.3, 0.4) is 0 Å². The van der Waals surface area contributed by atoms with Crippen LogP contribution in [0, 0.1) is 0 Å². The molecule has 1 saturated heterocycles. The average molecular weight is 271 g/mol. The topological polar surface area (TPSA) is 98.2 Å². The summed E-state index contributed by atoms with van der Waals surface area (Å²) in [6, 6.07) is 0. The highest BCUT2D eigenvalue weighted by molar-refractivity contribution is 6.35. The second-order valence-electron chi connectivity index (χ2n) is 4.26. The van der Waals surface area contributed by atoms with Crippen LogP contribution in [0.15, 0.2) is 0 Å². The van der Waals surface area contributed by atoms with E-state index in [9.17, 15) is 19.2 Å². The third-order valence-electron chi connectivity index (χ3n) is 2.90. The first kappa shape index (κ1) is 14.9. The fraction of sp³-hybridized carbons (Fsp3) is 0.636. The summed E-state index contributed by atoms with van der Waals surface area (Å²) in [6.45, 7) is 2.18. The highest BCUT2D eigenvalue weighted by Crippen LogP contribution is 2.05. The molecule has 0 atom stereocenters. The SMILES string of the molecule is CCN1CCN(CC(=O)N(C)CC(=O)O)C(=O)C1=O. The number of carbonyl (C=O) groups excluding carboxylic acids is 3.